The Morgan fingerprint density at radius 2 is 1.79 bits per heavy atom. The van der Waals surface area contributed by atoms with Gasteiger partial charge >= 0.3 is 11.9 Å². The smallest absolute Gasteiger partial charge is 0.343 e. The molecule has 0 radical (unpaired) electrons. The third kappa shape index (κ3) is 7.03. The molecule has 0 unspecified atom stereocenters. The van der Waals surface area contributed by atoms with Crippen LogP contribution in [0.25, 0.3) is 11.3 Å². The van der Waals surface area contributed by atoms with E-state index in [1.54, 1.807) is 6.92 Å². The van der Waals surface area contributed by atoms with Crippen molar-refractivity contribution in [3.63, 3.8) is 0 Å². The fraction of sp³-hybridized carbons (Fsp3) is 0.478. The van der Waals surface area contributed by atoms with E-state index in [1.807, 2.05) is 58.0 Å². The molecular weight excluding hydrogens is 436 g/mol. The zero-order valence-electron chi connectivity index (χ0n) is 17.7. The number of carbonyl (C=O) groups excluding carboxylic acids is 2. The standard InChI is InChI=1S/C23H29BrO5/c1-15(11-9-10-14-18(25)29-23(3,4)5)27-22(26)19-16(2)28-21(20(19)24)17-12-7-6-8-13-17/h6-8,12-13,15H,9-11,14H2,1-5H3/t15-/m1/s1. The van der Waals surface area contributed by atoms with Gasteiger partial charge in [-0.3, -0.25) is 4.79 Å². The molecule has 0 N–H and O–H groups in total. The lowest BCUT2D eigenvalue weighted by molar-refractivity contribution is -0.154. The van der Waals surface area contributed by atoms with Crippen molar-refractivity contribution in [2.75, 3.05) is 0 Å². The molecular formula is C23H29BrO5. The highest BCUT2D eigenvalue weighted by molar-refractivity contribution is 9.10. The first-order valence-corrected chi connectivity index (χ1v) is 10.6. The van der Waals surface area contributed by atoms with Crippen molar-refractivity contribution < 1.29 is 23.5 Å². The summed E-state index contributed by atoms with van der Waals surface area (Å²) in [4.78, 5) is 24.4. The molecule has 2 aromatic rings. The molecule has 0 saturated heterocycles. The maximum absolute atomic E-state index is 12.7. The lowest BCUT2D eigenvalue weighted by Crippen LogP contribution is -2.23. The number of ether oxygens (including phenoxy) is 2. The van der Waals surface area contributed by atoms with Gasteiger partial charge < -0.3 is 13.9 Å². The van der Waals surface area contributed by atoms with Crippen LogP contribution < -0.4 is 0 Å². The third-order valence-corrected chi connectivity index (χ3v) is 4.99. The van der Waals surface area contributed by atoms with Crippen LogP contribution in [0.3, 0.4) is 0 Å². The van der Waals surface area contributed by atoms with Crippen LogP contribution in [-0.4, -0.2) is 23.6 Å². The molecule has 6 heteroatoms. The van der Waals surface area contributed by atoms with Gasteiger partial charge in [-0.25, -0.2) is 4.79 Å². The van der Waals surface area contributed by atoms with E-state index in [4.69, 9.17) is 13.9 Å². The highest BCUT2D eigenvalue weighted by atomic mass is 79.9. The van der Waals surface area contributed by atoms with Crippen molar-refractivity contribution in [3.05, 3.63) is 46.1 Å². The molecule has 1 aromatic carbocycles. The highest BCUT2D eigenvalue weighted by Crippen LogP contribution is 2.36. The second kappa shape index (κ2) is 10.1. The van der Waals surface area contributed by atoms with Gasteiger partial charge in [0.25, 0.3) is 0 Å². The molecule has 2 rings (SSSR count). The second-order valence-corrected chi connectivity index (χ2v) is 8.88. The minimum absolute atomic E-state index is 0.200. The molecule has 1 aromatic heterocycles. The van der Waals surface area contributed by atoms with Crippen molar-refractivity contribution in [2.45, 2.75) is 72.0 Å². The summed E-state index contributed by atoms with van der Waals surface area (Å²) < 4.78 is 17.3. The van der Waals surface area contributed by atoms with Crippen LogP contribution in [-0.2, 0) is 14.3 Å². The first-order valence-electron chi connectivity index (χ1n) is 9.85. The lowest BCUT2D eigenvalue weighted by atomic mass is 10.1. The Morgan fingerprint density at radius 3 is 2.41 bits per heavy atom. The van der Waals surface area contributed by atoms with Gasteiger partial charge in [0.2, 0.25) is 0 Å². The number of hydrogen-bond donors (Lipinski definition) is 0. The van der Waals surface area contributed by atoms with E-state index in [1.165, 1.54) is 0 Å². The van der Waals surface area contributed by atoms with Crippen LogP contribution >= 0.6 is 15.9 Å². The first kappa shape index (κ1) is 23.2. The van der Waals surface area contributed by atoms with Crippen LogP contribution in [0.4, 0.5) is 0 Å². The Bertz CT molecular complexity index is 833. The largest absolute Gasteiger partial charge is 0.460 e. The van der Waals surface area contributed by atoms with Gasteiger partial charge in [-0.1, -0.05) is 30.3 Å². The zero-order valence-corrected chi connectivity index (χ0v) is 19.3. The fourth-order valence-electron chi connectivity index (χ4n) is 2.92. The molecule has 0 amide bonds. The van der Waals surface area contributed by atoms with E-state index in [2.05, 4.69) is 15.9 Å². The normalized spacial score (nSPS) is 12.5. The topological polar surface area (TPSA) is 65.7 Å². The summed E-state index contributed by atoms with van der Waals surface area (Å²) in [5.41, 5.74) is 0.829. The first-order chi connectivity index (χ1) is 13.6. The van der Waals surface area contributed by atoms with Gasteiger partial charge in [0.05, 0.1) is 10.6 Å². The molecule has 29 heavy (non-hydrogen) atoms. The van der Waals surface area contributed by atoms with Crippen LogP contribution in [0.5, 0.6) is 0 Å². The van der Waals surface area contributed by atoms with Crippen LogP contribution in [0, 0.1) is 6.92 Å². The number of hydrogen-bond acceptors (Lipinski definition) is 5. The molecule has 0 aliphatic rings. The molecule has 1 atom stereocenters. The van der Waals surface area contributed by atoms with Crippen molar-refractivity contribution in [3.8, 4) is 11.3 Å². The van der Waals surface area contributed by atoms with Crippen molar-refractivity contribution >= 4 is 27.9 Å². The lowest BCUT2D eigenvalue weighted by Gasteiger charge is -2.19. The van der Waals surface area contributed by atoms with E-state index in [0.717, 1.165) is 12.0 Å². The van der Waals surface area contributed by atoms with Gasteiger partial charge in [-0.2, -0.15) is 0 Å². The Morgan fingerprint density at radius 1 is 1.14 bits per heavy atom. The average molecular weight is 465 g/mol. The average Bonchev–Trinajstić information content (AvgIpc) is 2.92. The van der Waals surface area contributed by atoms with Gasteiger partial charge in [0.1, 0.15) is 22.7 Å². The molecule has 0 bridgehead atoms. The molecule has 5 nitrogen and oxygen atoms in total. The Balaban J connectivity index is 1.87. The van der Waals surface area contributed by atoms with Gasteiger partial charge in [-0.05, 0) is 69.8 Å². The maximum Gasteiger partial charge on any atom is 0.343 e. The SMILES string of the molecule is Cc1oc(-c2ccccc2)c(Br)c1C(=O)O[C@H](C)CCCCC(=O)OC(C)(C)C. The number of halogens is 1. The summed E-state index contributed by atoms with van der Waals surface area (Å²) in [5.74, 6) is 0.506. The van der Waals surface area contributed by atoms with E-state index in [-0.39, 0.29) is 12.1 Å². The van der Waals surface area contributed by atoms with E-state index < -0.39 is 11.6 Å². The summed E-state index contributed by atoms with van der Waals surface area (Å²) in [6.45, 7) is 9.16. The molecule has 1 heterocycles. The maximum atomic E-state index is 12.7. The van der Waals surface area contributed by atoms with Crippen LogP contribution in [0.1, 0.15) is 69.5 Å². The quantitative estimate of drug-likeness (QED) is 0.331. The summed E-state index contributed by atoms with van der Waals surface area (Å²) in [5, 5.41) is 0. The number of benzene rings is 1. The molecule has 0 aliphatic heterocycles. The molecule has 158 valence electrons. The number of carbonyl (C=O) groups is 2. The molecule has 0 aliphatic carbocycles. The van der Waals surface area contributed by atoms with E-state index in [0.29, 0.717) is 40.8 Å². The second-order valence-electron chi connectivity index (χ2n) is 8.09. The highest BCUT2D eigenvalue weighted by Gasteiger charge is 2.25. The van der Waals surface area contributed by atoms with Crippen molar-refractivity contribution in [1.29, 1.82) is 0 Å². The molecule has 0 spiro atoms. The number of aryl methyl sites for hydroxylation is 1. The van der Waals surface area contributed by atoms with E-state index in [9.17, 15) is 9.59 Å². The fourth-order valence-corrected chi connectivity index (χ4v) is 3.67. The van der Waals surface area contributed by atoms with Gasteiger partial charge in [0.15, 0.2) is 0 Å². The predicted molar refractivity (Wildman–Crippen MR) is 116 cm³/mol. The predicted octanol–water partition coefficient (Wildman–Crippen LogP) is 6.46. The Hall–Kier alpha value is -2.08. The third-order valence-electron chi connectivity index (χ3n) is 4.24. The minimum Gasteiger partial charge on any atom is -0.460 e. The minimum atomic E-state index is -0.464. The molecule has 0 fully saturated rings. The van der Waals surface area contributed by atoms with Crippen LogP contribution in [0.2, 0.25) is 0 Å². The summed E-state index contributed by atoms with van der Waals surface area (Å²) in [7, 11) is 0. The number of rotatable bonds is 8. The number of esters is 2. The van der Waals surface area contributed by atoms with Gasteiger partial charge in [0, 0.05) is 12.0 Å². The molecule has 0 saturated carbocycles. The number of furan rings is 1. The van der Waals surface area contributed by atoms with Crippen molar-refractivity contribution in [1.82, 2.24) is 0 Å². The summed E-state index contributed by atoms with van der Waals surface area (Å²) >= 11 is 3.49. The van der Waals surface area contributed by atoms with Crippen LogP contribution in [0.15, 0.2) is 39.2 Å². The Kier molecular flexibility index (Phi) is 8.08. The van der Waals surface area contributed by atoms with Crippen molar-refractivity contribution in [2.24, 2.45) is 0 Å². The summed E-state index contributed by atoms with van der Waals surface area (Å²) in [6, 6.07) is 9.59. The Labute approximate surface area is 180 Å². The monoisotopic (exact) mass is 464 g/mol. The zero-order chi connectivity index (χ0) is 21.6. The number of unbranched alkanes of at least 4 members (excludes halogenated alkanes) is 1. The summed E-state index contributed by atoms with van der Waals surface area (Å²) in [6.07, 6.45) is 2.25. The van der Waals surface area contributed by atoms with Gasteiger partial charge in [-0.15, -0.1) is 0 Å². The van der Waals surface area contributed by atoms with E-state index >= 15 is 0 Å².